The SMILES string of the molecule is O=C(COc1ccc2ccccc2c1Br)NC(=S)Nc1ccc(Cl)cc1. The van der Waals surface area contributed by atoms with Crippen LogP contribution in [0.2, 0.25) is 5.02 Å². The molecule has 0 heterocycles. The number of amides is 1. The topological polar surface area (TPSA) is 50.4 Å². The van der Waals surface area contributed by atoms with Gasteiger partial charge in [-0.2, -0.15) is 0 Å². The van der Waals surface area contributed by atoms with E-state index in [1.807, 2.05) is 36.4 Å². The zero-order valence-corrected chi connectivity index (χ0v) is 16.6. The van der Waals surface area contributed by atoms with E-state index in [1.54, 1.807) is 24.3 Å². The molecule has 0 unspecified atom stereocenters. The van der Waals surface area contributed by atoms with Gasteiger partial charge in [-0.3, -0.25) is 10.1 Å². The van der Waals surface area contributed by atoms with Gasteiger partial charge in [0.2, 0.25) is 0 Å². The second kappa shape index (κ2) is 8.49. The molecule has 3 aromatic rings. The Balaban J connectivity index is 1.56. The Hall–Kier alpha value is -2.15. The molecule has 4 nitrogen and oxygen atoms in total. The fourth-order valence-corrected chi connectivity index (χ4v) is 3.29. The molecular formula is C19H14BrClN2O2S. The van der Waals surface area contributed by atoms with Crippen molar-refractivity contribution in [3.05, 3.63) is 70.2 Å². The molecule has 0 aromatic heterocycles. The number of carbonyl (C=O) groups excluding carboxylic acids is 1. The highest BCUT2D eigenvalue weighted by Crippen LogP contribution is 2.32. The molecule has 0 spiro atoms. The first-order valence-corrected chi connectivity index (χ1v) is 9.27. The Morgan fingerprint density at radius 1 is 1.08 bits per heavy atom. The van der Waals surface area contributed by atoms with E-state index in [0.29, 0.717) is 10.8 Å². The molecule has 0 saturated carbocycles. The van der Waals surface area contributed by atoms with Crippen molar-refractivity contribution < 1.29 is 9.53 Å². The van der Waals surface area contributed by atoms with Gasteiger partial charge in [-0.05, 0) is 69.3 Å². The Bertz CT molecular complexity index is 963. The first-order valence-electron chi connectivity index (χ1n) is 7.69. The van der Waals surface area contributed by atoms with Crippen molar-refractivity contribution in [3.63, 3.8) is 0 Å². The van der Waals surface area contributed by atoms with Crippen LogP contribution in [0.1, 0.15) is 0 Å². The summed E-state index contributed by atoms with van der Waals surface area (Å²) in [5.41, 5.74) is 0.734. The van der Waals surface area contributed by atoms with E-state index in [9.17, 15) is 4.79 Å². The summed E-state index contributed by atoms with van der Waals surface area (Å²) in [6, 6.07) is 18.7. The second-order valence-electron chi connectivity index (χ2n) is 5.40. The number of benzene rings is 3. The van der Waals surface area contributed by atoms with Crippen LogP contribution in [0, 0.1) is 0 Å². The number of thiocarbonyl (C=S) groups is 1. The number of hydrogen-bond donors (Lipinski definition) is 2. The summed E-state index contributed by atoms with van der Waals surface area (Å²) < 4.78 is 6.42. The zero-order valence-electron chi connectivity index (χ0n) is 13.5. The maximum Gasteiger partial charge on any atom is 0.264 e. The van der Waals surface area contributed by atoms with Gasteiger partial charge in [-0.1, -0.05) is 41.9 Å². The van der Waals surface area contributed by atoms with Crippen molar-refractivity contribution in [1.82, 2.24) is 5.32 Å². The fourth-order valence-electron chi connectivity index (χ4n) is 2.33. The first kappa shape index (κ1) is 18.6. The lowest BCUT2D eigenvalue weighted by Crippen LogP contribution is -2.37. The lowest BCUT2D eigenvalue weighted by molar-refractivity contribution is -0.121. The van der Waals surface area contributed by atoms with Gasteiger partial charge in [0, 0.05) is 10.7 Å². The lowest BCUT2D eigenvalue weighted by Gasteiger charge is -2.12. The van der Waals surface area contributed by atoms with Crippen LogP contribution in [0.3, 0.4) is 0 Å². The van der Waals surface area contributed by atoms with Crippen molar-refractivity contribution >= 4 is 67.2 Å². The van der Waals surface area contributed by atoms with Gasteiger partial charge in [0.25, 0.3) is 5.91 Å². The summed E-state index contributed by atoms with van der Waals surface area (Å²) in [5.74, 6) is 0.243. The van der Waals surface area contributed by atoms with E-state index in [1.165, 1.54) is 0 Å². The second-order valence-corrected chi connectivity index (χ2v) is 7.03. The van der Waals surface area contributed by atoms with Gasteiger partial charge in [0.15, 0.2) is 11.7 Å². The van der Waals surface area contributed by atoms with Crippen LogP contribution >= 0.6 is 39.7 Å². The largest absolute Gasteiger partial charge is 0.483 e. The Kier molecular flexibility index (Phi) is 6.08. The predicted octanol–water partition coefficient (Wildman–Crippen LogP) is 5.15. The Morgan fingerprint density at radius 2 is 1.81 bits per heavy atom. The van der Waals surface area contributed by atoms with Crippen molar-refractivity contribution in [2.24, 2.45) is 0 Å². The van der Waals surface area contributed by atoms with E-state index < -0.39 is 0 Å². The number of nitrogens with one attached hydrogen (secondary N) is 2. The van der Waals surface area contributed by atoms with E-state index >= 15 is 0 Å². The highest BCUT2D eigenvalue weighted by atomic mass is 79.9. The van der Waals surface area contributed by atoms with Gasteiger partial charge < -0.3 is 10.1 Å². The molecule has 132 valence electrons. The number of hydrogen-bond acceptors (Lipinski definition) is 3. The first-order chi connectivity index (χ1) is 12.5. The minimum atomic E-state index is -0.350. The van der Waals surface area contributed by atoms with Crippen LogP contribution in [0.15, 0.2) is 65.1 Å². The van der Waals surface area contributed by atoms with E-state index in [-0.39, 0.29) is 17.6 Å². The van der Waals surface area contributed by atoms with Gasteiger partial charge in [0.05, 0.1) is 4.47 Å². The summed E-state index contributed by atoms with van der Waals surface area (Å²) in [4.78, 5) is 12.0. The molecule has 3 aromatic carbocycles. The van der Waals surface area contributed by atoms with Gasteiger partial charge >= 0.3 is 0 Å². The number of rotatable bonds is 4. The molecule has 0 radical (unpaired) electrons. The summed E-state index contributed by atoms with van der Waals surface area (Å²) >= 11 is 14.5. The van der Waals surface area contributed by atoms with Crippen LogP contribution in [0.5, 0.6) is 5.75 Å². The summed E-state index contributed by atoms with van der Waals surface area (Å²) in [6.07, 6.45) is 0. The maximum atomic E-state index is 12.0. The third kappa shape index (κ3) is 4.72. The minimum absolute atomic E-state index is 0.153. The van der Waals surface area contributed by atoms with E-state index in [0.717, 1.165) is 20.9 Å². The monoisotopic (exact) mass is 448 g/mol. The molecule has 0 atom stereocenters. The Labute approximate surface area is 169 Å². The van der Waals surface area contributed by atoms with Crippen LogP contribution in [0.4, 0.5) is 5.69 Å². The van der Waals surface area contributed by atoms with E-state index in [4.69, 9.17) is 28.6 Å². The summed E-state index contributed by atoms with van der Waals surface area (Å²) in [7, 11) is 0. The van der Waals surface area contributed by atoms with Crippen molar-refractivity contribution in [2.45, 2.75) is 0 Å². The van der Waals surface area contributed by atoms with Crippen molar-refractivity contribution in [2.75, 3.05) is 11.9 Å². The van der Waals surface area contributed by atoms with Crippen molar-refractivity contribution in [1.29, 1.82) is 0 Å². The fraction of sp³-hybridized carbons (Fsp3) is 0.0526. The van der Waals surface area contributed by atoms with Gasteiger partial charge in [0.1, 0.15) is 5.75 Å². The van der Waals surface area contributed by atoms with Crippen LogP contribution in [-0.2, 0) is 4.79 Å². The number of ether oxygens (including phenoxy) is 1. The molecule has 0 saturated heterocycles. The smallest absolute Gasteiger partial charge is 0.264 e. The molecule has 0 bridgehead atoms. The zero-order chi connectivity index (χ0) is 18.5. The molecule has 1 amide bonds. The molecule has 0 fully saturated rings. The highest BCUT2D eigenvalue weighted by molar-refractivity contribution is 9.10. The summed E-state index contributed by atoms with van der Waals surface area (Å²) in [6.45, 7) is -0.153. The van der Waals surface area contributed by atoms with Crippen LogP contribution in [-0.4, -0.2) is 17.6 Å². The molecule has 26 heavy (non-hydrogen) atoms. The average Bonchev–Trinajstić information content (AvgIpc) is 2.63. The van der Waals surface area contributed by atoms with Gasteiger partial charge in [-0.25, -0.2) is 0 Å². The lowest BCUT2D eigenvalue weighted by atomic mass is 10.1. The summed E-state index contributed by atoms with van der Waals surface area (Å²) in [5, 5.41) is 8.41. The number of carbonyl (C=O) groups is 1. The third-order valence-electron chi connectivity index (χ3n) is 3.54. The average molecular weight is 450 g/mol. The van der Waals surface area contributed by atoms with Gasteiger partial charge in [-0.15, -0.1) is 0 Å². The van der Waals surface area contributed by atoms with Crippen LogP contribution in [0.25, 0.3) is 10.8 Å². The highest BCUT2D eigenvalue weighted by Gasteiger charge is 2.10. The standard InChI is InChI=1S/C19H14BrClN2O2S/c20-18-15-4-2-1-3-12(15)5-10-16(18)25-11-17(24)23-19(26)22-14-8-6-13(21)7-9-14/h1-10H,11H2,(H2,22,23,24,26). The number of halogens is 2. The van der Waals surface area contributed by atoms with Crippen molar-refractivity contribution in [3.8, 4) is 5.75 Å². The quantitative estimate of drug-likeness (QED) is 0.541. The predicted molar refractivity (Wildman–Crippen MR) is 113 cm³/mol. The normalized spacial score (nSPS) is 10.4. The Morgan fingerprint density at radius 3 is 2.58 bits per heavy atom. The molecule has 2 N–H and O–H groups in total. The van der Waals surface area contributed by atoms with Crippen LogP contribution < -0.4 is 15.4 Å². The molecule has 0 aliphatic carbocycles. The molecule has 7 heteroatoms. The molecular weight excluding hydrogens is 436 g/mol. The molecule has 0 aliphatic rings. The van der Waals surface area contributed by atoms with E-state index in [2.05, 4.69) is 26.6 Å². The maximum absolute atomic E-state index is 12.0. The number of anilines is 1. The molecule has 3 rings (SSSR count). The number of fused-ring (bicyclic) bond motifs is 1. The molecule has 0 aliphatic heterocycles. The third-order valence-corrected chi connectivity index (χ3v) is 4.82. The minimum Gasteiger partial charge on any atom is -0.483 e.